The third kappa shape index (κ3) is 1.60. The molecule has 6 nitrogen and oxygen atoms in total. The predicted octanol–water partition coefficient (Wildman–Crippen LogP) is -0.152. The van der Waals surface area contributed by atoms with E-state index in [1.165, 1.54) is 6.08 Å². The zero-order valence-electron chi connectivity index (χ0n) is 5.73. The van der Waals surface area contributed by atoms with Gasteiger partial charge in [0, 0.05) is 6.08 Å². The van der Waals surface area contributed by atoms with Crippen molar-refractivity contribution >= 4 is 34.3 Å². The highest BCUT2D eigenvalue weighted by Gasteiger charge is 2.27. The molecule has 1 atom stereocenters. The maximum atomic E-state index is 10.8. The molecule has 0 spiro atoms. The first-order valence-electron chi connectivity index (χ1n) is 2.91. The fourth-order valence-electron chi connectivity index (χ4n) is 0.687. The van der Waals surface area contributed by atoms with Crippen LogP contribution in [0.2, 0.25) is 0 Å². The van der Waals surface area contributed by atoms with E-state index in [1.807, 2.05) is 0 Å². The number of carbonyl (C=O) groups excluding carboxylic acids is 1. The number of hydrogen-bond acceptors (Lipinski definition) is 4. The number of amides is 1. The summed E-state index contributed by atoms with van der Waals surface area (Å²) in [5.41, 5.74) is 4.85. The van der Waals surface area contributed by atoms with Gasteiger partial charge in [-0.1, -0.05) is 22.6 Å². The molecule has 1 aliphatic rings. The van der Waals surface area contributed by atoms with Crippen LogP contribution in [0.5, 0.6) is 0 Å². The van der Waals surface area contributed by atoms with Gasteiger partial charge in [0.2, 0.25) is 5.84 Å². The van der Waals surface area contributed by atoms with Crippen molar-refractivity contribution in [1.29, 1.82) is 0 Å². The summed E-state index contributed by atoms with van der Waals surface area (Å²) in [6.07, 6.45) is 1.19. The fraction of sp³-hybridized carbons (Fsp3) is 0.200. The SMILES string of the molecule is NC1=NC(=O)C(I)C=C1[N+](=O)[O-]. The van der Waals surface area contributed by atoms with Crippen LogP contribution in [0, 0.1) is 10.1 Å². The Bertz CT molecular complexity index is 309. The van der Waals surface area contributed by atoms with Crippen LogP contribution in [0.15, 0.2) is 16.8 Å². The summed E-state index contributed by atoms with van der Waals surface area (Å²) >= 11 is 1.75. The second-order valence-electron chi connectivity index (χ2n) is 2.05. The molecule has 0 radical (unpaired) electrons. The maximum absolute atomic E-state index is 10.8. The number of rotatable bonds is 1. The number of halogens is 1. The minimum Gasteiger partial charge on any atom is -0.378 e. The Morgan fingerprint density at radius 1 is 1.75 bits per heavy atom. The van der Waals surface area contributed by atoms with E-state index in [0.29, 0.717) is 0 Å². The lowest BCUT2D eigenvalue weighted by Crippen LogP contribution is -2.29. The molecule has 0 aliphatic carbocycles. The summed E-state index contributed by atoms with van der Waals surface area (Å²) in [5, 5.41) is 10.3. The molecule has 64 valence electrons. The van der Waals surface area contributed by atoms with Gasteiger partial charge in [-0.15, -0.1) is 0 Å². The molecule has 0 aromatic heterocycles. The molecular weight excluding hydrogens is 277 g/mol. The molecule has 1 amide bonds. The molecule has 0 bridgehead atoms. The number of nitrogens with zero attached hydrogens (tertiary/aromatic N) is 2. The molecule has 0 aromatic carbocycles. The first-order chi connectivity index (χ1) is 5.52. The van der Waals surface area contributed by atoms with E-state index in [0.717, 1.165) is 0 Å². The monoisotopic (exact) mass is 281 g/mol. The number of carbonyl (C=O) groups is 1. The summed E-state index contributed by atoms with van der Waals surface area (Å²) < 4.78 is -0.588. The highest BCUT2D eigenvalue weighted by atomic mass is 127. The van der Waals surface area contributed by atoms with Crippen LogP contribution in [0.4, 0.5) is 0 Å². The Morgan fingerprint density at radius 2 is 2.33 bits per heavy atom. The summed E-state index contributed by atoms with van der Waals surface area (Å²) in [5.74, 6) is -0.781. The van der Waals surface area contributed by atoms with E-state index in [2.05, 4.69) is 4.99 Å². The van der Waals surface area contributed by atoms with Crippen molar-refractivity contribution in [3.63, 3.8) is 0 Å². The standard InChI is InChI=1S/C5H4IN3O3/c6-2-1-3(9(11)12)4(7)8-5(2)10/h1-2H,(H2,7,8,10). The van der Waals surface area contributed by atoms with E-state index < -0.39 is 14.8 Å². The summed E-state index contributed by atoms with van der Waals surface area (Å²) in [7, 11) is 0. The smallest absolute Gasteiger partial charge is 0.308 e. The molecule has 7 heteroatoms. The fourth-order valence-corrected chi connectivity index (χ4v) is 1.17. The van der Waals surface area contributed by atoms with Crippen molar-refractivity contribution in [3.05, 3.63) is 21.9 Å². The second-order valence-corrected chi connectivity index (χ2v) is 3.39. The molecular formula is C5H4IN3O3. The van der Waals surface area contributed by atoms with Crippen LogP contribution in [-0.2, 0) is 4.79 Å². The Balaban J connectivity index is 3.04. The Morgan fingerprint density at radius 3 is 2.83 bits per heavy atom. The van der Waals surface area contributed by atoms with Gasteiger partial charge in [0.15, 0.2) is 0 Å². The summed E-state index contributed by atoms with van der Waals surface area (Å²) in [4.78, 5) is 23.8. The molecule has 1 unspecified atom stereocenters. The first kappa shape index (κ1) is 9.10. The Hall–Kier alpha value is -0.990. The number of dihydropyridines is 1. The van der Waals surface area contributed by atoms with Crippen molar-refractivity contribution in [3.8, 4) is 0 Å². The van der Waals surface area contributed by atoms with Crippen LogP contribution in [0.3, 0.4) is 0 Å². The molecule has 0 aromatic rings. The van der Waals surface area contributed by atoms with Crippen molar-refractivity contribution in [2.24, 2.45) is 10.7 Å². The lowest BCUT2D eigenvalue weighted by molar-refractivity contribution is -0.415. The van der Waals surface area contributed by atoms with E-state index in [4.69, 9.17) is 5.73 Å². The van der Waals surface area contributed by atoms with Gasteiger partial charge in [0.05, 0.1) is 4.92 Å². The van der Waals surface area contributed by atoms with Gasteiger partial charge in [0.1, 0.15) is 3.92 Å². The molecule has 0 saturated carbocycles. The quantitative estimate of drug-likeness (QED) is 0.312. The van der Waals surface area contributed by atoms with Gasteiger partial charge in [0.25, 0.3) is 5.91 Å². The van der Waals surface area contributed by atoms with Crippen LogP contribution < -0.4 is 5.73 Å². The average Bonchev–Trinajstić information content (AvgIpc) is 1.96. The van der Waals surface area contributed by atoms with Gasteiger partial charge >= 0.3 is 5.70 Å². The second kappa shape index (κ2) is 3.17. The Kier molecular flexibility index (Phi) is 2.40. The lowest BCUT2D eigenvalue weighted by Gasteiger charge is -2.06. The number of nitro groups is 1. The molecule has 12 heavy (non-hydrogen) atoms. The maximum Gasteiger partial charge on any atom is 0.308 e. The zero-order valence-corrected chi connectivity index (χ0v) is 7.89. The summed E-state index contributed by atoms with van der Waals surface area (Å²) in [6.45, 7) is 0. The largest absolute Gasteiger partial charge is 0.378 e. The number of alkyl halides is 1. The lowest BCUT2D eigenvalue weighted by atomic mass is 10.2. The van der Waals surface area contributed by atoms with Gasteiger partial charge in [-0.3, -0.25) is 14.9 Å². The number of nitrogens with two attached hydrogens (primary N) is 1. The molecule has 1 rings (SSSR count). The van der Waals surface area contributed by atoms with E-state index in [9.17, 15) is 14.9 Å². The molecule has 2 N–H and O–H groups in total. The minimum atomic E-state index is -0.656. The molecule has 0 saturated heterocycles. The molecule has 0 fully saturated rings. The van der Waals surface area contributed by atoms with E-state index >= 15 is 0 Å². The number of aliphatic imine (C=N–C) groups is 1. The van der Waals surface area contributed by atoms with Crippen molar-refractivity contribution in [1.82, 2.24) is 0 Å². The van der Waals surface area contributed by atoms with Gasteiger partial charge in [-0.25, -0.2) is 0 Å². The molecule has 1 heterocycles. The van der Waals surface area contributed by atoms with E-state index in [1.54, 1.807) is 22.6 Å². The van der Waals surface area contributed by atoms with Crippen LogP contribution in [0.25, 0.3) is 0 Å². The van der Waals surface area contributed by atoms with Crippen molar-refractivity contribution in [2.45, 2.75) is 3.92 Å². The van der Waals surface area contributed by atoms with Gasteiger partial charge < -0.3 is 5.73 Å². The van der Waals surface area contributed by atoms with Crippen molar-refractivity contribution in [2.75, 3.05) is 0 Å². The summed E-state index contributed by atoms with van der Waals surface area (Å²) in [6, 6.07) is 0. The van der Waals surface area contributed by atoms with Gasteiger partial charge in [-0.2, -0.15) is 4.99 Å². The number of hydrogen-bond donors (Lipinski definition) is 1. The number of amidine groups is 1. The first-order valence-corrected chi connectivity index (χ1v) is 4.15. The normalized spacial score (nSPS) is 23.1. The highest BCUT2D eigenvalue weighted by molar-refractivity contribution is 14.1. The molecule has 1 aliphatic heterocycles. The van der Waals surface area contributed by atoms with Gasteiger partial charge in [-0.05, 0) is 0 Å². The van der Waals surface area contributed by atoms with Crippen LogP contribution in [0.1, 0.15) is 0 Å². The topological polar surface area (TPSA) is 98.6 Å². The predicted molar refractivity (Wildman–Crippen MR) is 49.5 cm³/mol. The van der Waals surface area contributed by atoms with E-state index in [-0.39, 0.29) is 11.5 Å². The average molecular weight is 281 g/mol. The Labute approximate surface area is 80.8 Å². The van der Waals surface area contributed by atoms with Crippen LogP contribution >= 0.6 is 22.6 Å². The van der Waals surface area contributed by atoms with Crippen LogP contribution in [-0.4, -0.2) is 20.6 Å². The minimum absolute atomic E-state index is 0.297. The highest BCUT2D eigenvalue weighted by Crippen LogP contribution is 2.14. The zero-order chi connectivity index (χ0) is 9.30. The van der Waals surface area contributed by atoms with Crippen molar-refractivity contribution < 1.29 is 9.72 Å². The third-order valence-corrected chi connectivity index (χ3v) is 2.12. The third-order valence-electron chi connectivity index (χ3n) is 1.23.